The van der Waals surface area contributed by atoms with Gasteiger partial charge in [-0.05, 0) is 66.8 Å². The molecule has 1 aliphatic rings. The molecule has 1 aromatic heterocycles. The maximum Gasteiger partial charge on any atom is 0.168 e. The highest BCUT2D eigenvalue weighted by atomic mass is 16.5. The number of benzene rings is 3. The Morgan fingerprint density at radius 2 is 1.84 bits per heavy atom. The van der Waals surface area contributed by atoms with E-state index in [1.807, 2.05) is 66.7 Å². The number of nitrogens with zero attached hydrogens (tertiary/aromatic N) is 3. The predicted molar refractivity (Wildman–Crippen MR) is 125 cm³/mol. The Labute approximate surface area is 186 Å². The number of phenolic OH excluding ortho intramolecular Hbond substituents is 1. The van der Waals surface area contributed by atoms with Gasteiger partial charge in [-0.1, -0.05) is 36.4 Å². The highest BCUT2D eigenvalue weighted by Crippen LogP contribution is 2.35. The number of aromatic hydroxyl groups is 1. The van der Waals surface area contributed by atoms with Crippen molar-refractivity contribution in [3.05, 3.63) is 89.2 Å². The fourth-order valence-electron chi connectivity index (χ4n) is 3.74. The minimum absolute atomic E-state index is 0.152. The highest BCUT2D eigenvalue weighted by molar-refractivity contribution is 5.81. The van der Waals surface area contributed by atoms with Crippen molar-refractivity contribution < 1.29 is 9.84 Å². The molecule has 0 bridgehead atoms. The minimum atomic E-state index is 0.152. The van der Waals surface area contributed by atoms with Gasteiger partial charge in [0.25, 0.3) is 0 Å². The smallest absolute Gasteiger partial charge is 0.168 e. The zero-order chi connectivity index (χ0) is 21.9. The van der Waals surface area contributed by atoms with Gasteiger partial charge < -0.3 is 14.4 Å². The molecule has 1 heterocycles. The molecule has 1 N–H and O–H groups in total. The number of hydrogen-bond acceptors (Lipinski definition) is 4. The van der Waals surface area contributed by atoms with E-state index >= 15 is 0 Å². The van der Waals surface area contributed by atoms with E-state index in [0.29, 0.717) is 30.4 Å². The van der Waals surface area contributed by atoms with Crippen molar-refractivity contribution in [3.63, 3.8) is 0 Å². The molecule has 5 heteroatoms. The second-order valence-electron chi connectivity index (χ2n) is 8.14. The van der Waals surface area contributed by atoms with Gasteiger partial charge in [0.15, 0.2) is 11.5 Å². The number of hydrogen-bond donors (Lipinski definition) is 1. The van der Waals surface area contributed by atoms with E-state index in [0.717, 1.165) is 28.0 Å². The Morgan fingerprint density at radius 1 is 1.03 bits per heavy atom. The number of para-hydroxylation sites is 3. The third-order valence-electron chi connectivity index (χ3n) is 5.70. The van der Waals surface area contributed by atoms with E-state index in [2.05, 4.69) is 16.7 Å². The Kier molecular flexibility index (Phi) is 5.35. The molecule has 5 nitrogen and oxygen atoms in total. The van der Waals surface area contributed by atoms with Crippen LogP contribution in [0.2, 0.25) is 0 Å². The fraction of sp³-hybridized carbons (Fsp3) is 0.185. The van der Waals surface area contributed by atoms with E-state index < -0.39 is 0 Å². The van der Waals surface area contributed by atoms with Crippen LogP contribution in [0.25, 0.3) is 23.2 Å². The second-order valence-corrected chi connectivity index (χ2v) is 8.14. The normalized spacial score (nSPS) is 13.5. The van der Waals surface area contributed by atoms with Crippen molar-refractivity contribution in [2.45, 2.75) is 19.4 Å². The van der Waals surface area contributed by atoms with Gasteiger partial charge in [0.1, 0.15) is 5.82 Å². The Bertz CT molecular complexity index is 1330. The summed E-state index contributed by atoms with van der Waals surface area (Å²) in [6, 6.07) is 23.2. The van der Waals surface area contributed by atoms with Crippen LogP contribution in [0.5, 0.6) is 11.5 Å². The van der Waals surface area contributed by atoms with Crippen molar-refractivity contribution in [3.8, 4) is 17.6 Å². The lowest BCUT2D eigenvalue weighted by Crippen LogP contribution is -2.02. The monoisotopic (exact) mass is 421 g/mol. The molecule has 0 aliphatic heterocycles. The summed E-state index contributed by atoms with van der Waals surface area (Å²) in [6.45, 7) is 1.27. The molecule has 1 aliphatic carbocycles. The number of fused-ring (bicyclic) bond motifs is 1. The number of imidazole rings is 1. The second kappa shape index (κ2) is 8.60. The van der Waals surface area contributed by atoms with Crippen molar-refractivity contribution in [2.24, 2.45) is 5.92 Å². The lowest BCUT2D eigenvalue weighted by atomic mass is 10.1. The fourth-order valence-corrected chi connectivity index (χ4v) is 3.74. The molecular formula is C27H23N3O2. The summed E-state index contributed by atoms with van der Waals surface area (Å²) in [6.07, 6.45) is 6.29. The molecule has 32 heavy (non-hydrogen) atoms. The predicted octanol–water partition coefficient (Wildman–Crippen LogP) is 5.62. The topological polar surface area (TPSA) is 71.1 Å². The van der Waals surface area contributed by atoms with Gasteiger partial charge in [-0.15, -0.1) is 0 Å². The van der Waals surface area contributed by atoms with Gasteiger partial charge in [0, 0.05) is 12.1 Å². The van der Waals surface area contributed by atoms with Gasteiger partial charge in [-0.3, -0.25) is 0 Å². The molecule has 0 atom stereocenters. The number of phenols is 1. The molecule has 3 aromatic carbocycles. The molecule has 0 spiro atoms. The number of aromatic nitrogens is 2. The van der Waals surface area contributed by atoms with Crippen LogP contribution >= 0.6 is 0 Å². The maximum absolute atomic E-state index is 10.3. The van der Waals surface area contributed by atoms with Gasteiger partial charge in [-0.25, -0.2) is 4.98 Å². The number of ether oxygens (including phenoxy) is 1. The molecule has 0 radical (unpaired) electrons. The van der Waals surface area contributed by atoms with Crippen LogP contribution in [0.4, 0.5) is 0 Å². The zero-order valence-electron chi connectivity index (χ0n) is 17.6. The average molecular weight is 422 g/mol. The van der Waals surface area contributed by atoms with Crippen molar-refractivity contribution in [1.29, 1.82) is 5.26 Å². The number of rotatable bonds is 7. The van der Waals surface area contributed by atoms with Gasteiger partial charge in [0.05, 0.1) is 29.3 Å². The molecule has 158 valence electrons. The van der Waals surface area contributed by atoms with Crippen molar-refractivity contribution >= 4 is 23.2 Å². The standard InChI is InChI=1S/C27H23N3O2/c28-16-19-8-10-20(11-9-19)17-30-24-6-2-1-5-23(24)29-26(30)15-14-22-4-3-7-25(31)27(22)32-18-21-12-13-21/h1-11,14-15,21,31H,12-13,17-18H2/b15-14+. The van der Waals surface area contributed by atoms with Crippen molar-refractivity contribution in [2.75, 3.05) is 6.61 Å². The van der Waals surface area contributed by atoms with E-state index in [9.17, 15) is 5.11 Å². The van der Waals surface area contributed by atoms with Crippen LogP contribution in [-0.4, -0.2) is 21.3 Å². The largest absolute Gasteiger partial charge is 0.504 e. The summed E-state index contributed by atoms with van der Waals surface area (Å²) >= 11 is 0. The van der Waals surface area contributed by atoms with Crippen LogP contribution in [-0.2, 0) is 6.54 Å². The first-order chi connectivity index (χ1) is 15.7. The third kappa shape index (κ3) is 4.21. The molecule has 5 rings (SSSR count). The lowest BCUT2D eigenvalue weighted by Gasteiger charge is -2.11. The van der Waals surface area contributed by atoms with Crippen LogP contribution in [0.3, 0.4) is 0 Å². The van der Waals surface area contributed by atoms with Crippen LogP contribution in [0.1, 0.15) is 35.4 Å². The summed E-state index contributed by atoms with van der Waals surface area (Å²) in [5.41, 5.74) is 4.52. The molecule has 0 amide bonds. The Balaban J connectivity index is 1.49. The Hall–Kier alpha value is -4.04. The molecule has 1 fully saturated rings. The zero-order valence-corrected chi connectivity index (χ0v) is 17.6. The average Bonchev–Trinajstić information content (AvgIpc) is 3.59. The summed E-state index contributed by atoms with van der Waals surface area (Å²) < 4.78 is 8.09. The van der Waals surface area contributed by atoms with E-state index in [4.69, 9.17) is 15.0 Å². The van der Waals surface area contributed by atoms with Gasteiger partial charge in [-0.2, -0.15) is 5.26 Å². The molecule has 0 unspecified atom stereocenters. The van der Waals surface area contributed by atoms with Crippen LogP contribution < -0.4 is 4.74 Å². The molecule has 4 aromatic rings. The van der Waals surface area contributed by atoms with Gasteiger partial charge in [0.2, 0.25) is 0 Å². The summed E-state index contributed by atoms with van der Waals surface area (Å²) in [7, 11) is 0. The quantitative estimate of drug-likeness (QED) is 0.420. The minimum Gasteiger partial charge on any atom is -0.504 e. The first kappa shape index (κ1) is 19.9. The summed E-state index contributed by atoms with van der Waals surface area (Å²) in [4.78, 5) is 4.81. The molecule has 0 saturated heterocycles. The SMILES string of the molecule is N#Cc1ccc(Cn2c(/C=C/c3cccc(O)c3OCC3CC3)nc3ccccc32)cc1. The molecule has 1 saturated carbocycles. The summed E-state index contributed by atoms with van der Waals surface area (Å²) in [5.74, 6) is 2.08. The van der Waals surface area contributed by atoms with Crippen LogP contribution in [0, 0.1) is 17.2 Å². The first-order valence-electron chi connectivity index (χ1n) is 10.8. The Morgan fingerprint density at radius 3 is 2.62 bits per heavy atom. The van der Waals surface area contributed by atoms with E-state index in [-0.39, 0.29) is 5.75 Å². The highest BCUT2D eigenvalue weighted by Gasteiger charge is 2.23. The third-order valence-corrected chi connectivity index (χ3v) is 5.70. The van der Waals surface area contributed by atoms with E-state index in [1.54, 1.807) is 6.07 Å². The number of nitriles is 1. The van der Waals surface area contributed by atoms with Gasteiger partial charge >= 0.3 is 0 Å². The summed E-state index contributed by atoms with van der Waals surface area (Å²) in [5, 5.41) is 19.4. The first-order valence-corrected chi connectivity index (χ1v) is 10.8. The van der Waals surface area contributed by atoms with E-state index in [1.165, 1.54) is 12.8 Å². The van der Waals surface area contributed by atoms with Crippen molar-refractivity contribution in [1.82, 2.24) is 9.55 Å². The molecular weight excluding hydrogens is 398 g/mol. The lowest BCUT2D eigenvalue weighted by molar-refractivity contribution is 0.284. The maximum atomic E-state index is 10.3. The van der Waals surface area contributed by atoms with Crippen LogP contribution in [0.15, 0.2) is 66.7 Å².